The number of halogens is 1. The van der Waals surface area contributed by atoms with Gasteiger partial charge in [-0.15, -0.1) is 0 Å². The Hall–Kier alpha value is -1.96. The van der Waals surface area contributed by atoms with Crippen molar-refractivity contribution >= 4 is 17.7 Å². The molecule has 1 aromatic carbocycles. The molecule has 120 valence electrons. The summed E-state index contributed by atoms with van der Waals surface area (Å²) in [5.41, 5.74) is 0.928. The number of pyridine rings is 1. The van der Waals surface area contributed by atoms with Crippen LogP contribution in [0.3, 0.4) is 0 Å². The highest BCUT2D eigenvalue weighted by molar-refractivity contribution is 7.99. The third-order valence-electron chi connectivity index (χ3n) is 3.22. The van der Waals surface area contributed by atoms with Gasteiger partial charge in [-0.25, -0.2) is 14.2 Å². The van der Waals surface area contributed by atoms with E-state index >= 15 is 0 Å². The van der Waals surface area contributed by atoms with E-state index in [0.717, 1.165) is 6.20 Å². The van der Waals surface area contributed by atoms with Gasteiger partial charge in [0, 0.05) is 10.5 Å². The van der Waals surface area contributed by atoms with E-state index in [1.807, 2.05) is 0 Å². The van der Waals surface area contributed by atoms with Crippen LogP contribution in [0.2, 0.25) is 0 Å². The molecule has 2 aromatic rings. The molecular weight excluding hydrogens is 321 g/mol. The molecule has 0 unspecified atom stereocenters. The van der Waals surface area contributed by atoms with Crippen molar-refractivity contribution in [2.45, 2.75) is 16.2 Å². The number of methoxy groups -OCH3 is 1. The lowest BCUT2D eigenvalue weighted by Gasteiger charge is -2.14. The molecule has 7 heteroatoms. The van der Waals surface area contributed by atoms with Crippen LogP contribution in [-0.2, 0) is 14.2 Å². The Kier molecular flexibility index (Phi) is 4.90. The maximum absolute atomic E-state index is 13.5. The van der Waals surface area contributed by atoms with Crippen molar-refractivity contribution in [2.24, 2.45) is 0 Å². The normalized spacial score (nSPS) is 14.9. The number of hydrogen-bond donors (Lipinski definition) is 0. The summed E-state index contributed by atoms with van der Waals surface area (Å²) in [5.74, 6) is -0.908. The number of carbonyl (C=O) groups excluding carboxylic acids is 1. The fourth-order valence-electron chi connectivity index (χ4n) is 2.17. The number of ether oxygens (including phenoxy) is 3. The largest absolute Gasteiger partial charge is 0.465 e. The highest BCUT2D eigenvalue weighted by Crippen LogP contribution is 2.36. The minimum atomic E-state index is -0.647. The van der Waals surface area contributed by atoms with Crippen molar-refractivity contribution in [3.63, 3.8) is 0 Å². The summed E-state index contributed by atoms with van der Waals surface area (Å²) in [4.78, 5) is 16.6. The molecule has 0 radical (unpaired) electrons. The van der Waals surface area contributed by atoms with Gasteiger partial charge in [-0.05, 0) is 18.2 Å². The molecule has 23 heavy (non-hydrogen) atoms. The molecule has 3 rings (SSSR count). The Balaban J connectivity index is 1.96. The van der Waals surface area contributed by atoms with E-state index < -0.39 is 18.1 Å². The monoisotopic (exact) mass is 335 g/mol. The van der Waals surface area contributed by atoms with Gasteiger partial charge >= 0.3 is 5.97 Å². The molecule has 1 aliphatic rings. The summed E-state index contributed by atoms with van der Waals surface area (Å²) in [7, 11) is 1.32. The third-order valence-corrected chi connectivity index (χ3v) is 4.33. The molecular formula is C16H14FNO4S. The predicted molar refractivity (Wildman–Crippen MR) is 80.7 cm³/mol. The highest BCUT2D eigenvalue weighted by atomic mass is 32.2. The van der Waals surface area contributed by atoms with Crippen molar-refractivity contribution < 1.29 is 23.4 Å². The lowest BCUT2D eigenvalue weighted by atomic mass is 10.2. The van der Waals surface area contributed by atoms with E-state index in [0.29, 0.717) is 34.3 Å². The Morgan fingerprint density at radius 3 is 2.83 bits per heavy atom. The number of hydrogen-bond acceptors (Lipinski definition) is 6. The zero-order valence-electron chi connectivity index (χ0n) is 12.3. The maximum Gasteiger partial charge on any atom is 0.339 e. The van der Waals surface area contributed by atoms with Gasteiger partial charge in [0.15, 0.2) is 6.29 Å². The first-order valence-electron chi connectivity index (χ1n) is 6.93. The van der Waals surface area contributed by atoms with Crippen molar-refractivity contribution in [1.29, 1.82) is 0 Å². The van der Waals surface area contributed by atoms with E-state index in [-0.39, 0.29) is 0 Å². The minimum absolute atomic E-state index is 0.422. The summed E-state index contributed by atoms with van der Waals surface area (Å²) in [6.07, 6.45) is 0.479. The third kappa shape index (κ3) is 3.52. The fraction of sp³-hybridized carbons (Fsp3) is 0.250. The maximum atomic E-state index is 13.5. The first-order chi connectivity index (χ1) is 11.2. The van der Waals surface area contributed by atoms with Crippen LogP contribution < -0.4 is 0 Å². The number of rotatable bonds is 4. The Labute approximate surface area is 136 Å². The minimum Gasteiger partial charge on any atom is -0.465 e. The van der Waals surface area contributed by atoms with Crippen LogP contribution in [0.25, 0.3) is 0 Å². The lowest BCUT2D eigenvalue weighted by Crippen LogP contribution is -2.05. The fourth-order valence-corrected chi connectivity index (χ4v) is 3.17. The quantitative estimate of drug-likeness (QED) is 0.800. The molecule has 2 heterocycles. The molecule has 0 amide bonds. The molecule has 5 nitrogen and oxygen atoms in total. The molecule has 0 spiro atoms. The van der Waals surface area contributed by atoms with Gasteiger partial charge in [0.25, 0.3) is 0 Å². The van der Waals surface area contributed by atoms with Gasteiger partial charge in [0.2, 0.25) is 0 Å². The molecule has 1 aromatic heterocycles. The molecule has 0 aliphatic carbocycles. The standard InChI is InChI=1S/C16H14FNO4S/c1-20-15(19)11-4-2-3-5-13(11)23-14-12(8-10(17)9-18-14)16-21-6-7-22-16/h2-5,8-9,16H,6-7H2,1H3. The number of aromatic nitrogens is 1. The number of nitrogens with zero attached hydrogens (tertiary/aromatic N) is 1. The van der Waals surface area contributed by atoms with Crippen LogP contribution in [0, 0.1) is 5.82 Å². The van der Waals surface area contributed by atoms with Gasteiger partial charge in [0.05, 0.1) is 32.1 Å². The molecule has 0 atom stereocenters. The summed E-state index contributed by atoms with van der Waals surface area (Å²) >= 11 is 1.24. The molecule has 1 fully saturated rings. The van der Waals surface area contributed by atoms with Crippen LogP contribution in [-0.4, -0.2) is 31.3 Å². The van der Waals surface area contributed by atoms with Gasteiger partial charge in [-0.3, -0.25) is 0 Å². The predicted octanol–water partition coefficient (Wildman–Crippen LogP) is 3.20. The topological polar surface area (TPSA) is 57.7 Å². The molecule has 0 saturated carbocycles. The second kappa shape index (κ2) is 7.08. The van der Waals surface area contributed by atoms with E-state index in [2.05, 4.69) is 4.98 Å². The van der Waals surface area contributed by atoms with E-state index in [1.54, 1.807) is 24.3 Å². The van der Waals surface area contributed by atoms with Gasteiger partial charge in [-0.1, -0.05) is 23.9 Å². The molecule has 1 aliphatic heterocycles. The molecule has 0 bridgehead atoms. The Morgan fingerprint density at radius 2 is 2.09 bits per heavy atom. The SMILES string of the molecule is COC(=O)c1ccccc1Sc1ncc(F)cc1C1OCCO1. The lowest BCUT2D eigenvalue weighted by molar-refractivity contribution is -0.0466. The first kappa shape index (κ1) is 15.9. The highest BCUT2D eigenvalue weighted by Gasteiger charge is 2.24. The summed E-state index contributed by atoms with van der Waals surface area (Å²) in [6, 6.07) is 8.34. The van der Waals surface area contributed by atoms with Crippen molar-refractivity contribution in [3.05, 3.63) is 53.5 Å². The van der Waals surface area contributed by atoms with Crippen LogP contribution >= 0.6 is 11.8 Å². The Morgan fingerprint density at radius 1 is 1.35 bits per heavy atom. The summed E-state index contributed by atoms with van der Waals surface area (Å²) in [5, 5.41) is 0.523. The van der Waals surface area contributed by atoms with Crippen molar-refractivity contribution in [3.8, 4) is 0 Å². The second-order valence-electron chi connectivity index (χ2n) is 4.71. The van der Waals surface area contributed by atoms with Crippen LogP contribution in [0.15, 0.2) is 46.5 Å². The van der Waals surface area contributed by atoms with Crippen LogP contribution in [0.1, 0.15) is 22.2 Å². The van der Waals surface area contributed by atoms with Gasteiger partial charge in [-0.2, -0.15) is 0 Å². The summed E-state index contributed by atoms with van der Waals surface area (Å²) in [6.45, 7) is 0.897. The smallest absolute Gasteiger partial charge is 0.339 e. The van der Waals surface area contributed by atoms with E-state index in [4.69, 9.17) is 14.2 Å². The number of benzene rings is 1. The number of carbonyl (C=O) groups is 1. The first-order valence-corrected chi connectivity index (χ1v) is 7.74. The van der Waals surface area contributed by atoms with Crippen LogP contribution in [0.4, 0.5) is 4.39 Å². The average molecular weight is 335 g/mol. The van der Waals surface area contributed by atoms with Crippen molar-refractivity contribution in [2.75, 3.05) is 20.3 Å². The molecule has 1 saturated heterocycles. The average Bonchev–Trinajstić information content (AvgIpc) is 3.10. The van der Waals surface area contributed by atoms with E-state index in [1.165, 1.54) is 24.9 Å². The van der Waals surface area contributed by atoms with Gasteiger partial charge in [0.1, 0.15) is 10.8 Å². The van der Waals surface area contributed by atoms with Crippen molar-refractivity contribution in [1.82, 2.24) is 4.98 Å². The zero-order chi connectivity index (χ0) is 16.2. The summed E-state index contributed by atoms with van der Waals surface area (Å²) < 4.78 is 29.2. The molecule has 0 N–H and O–H groups in total. The Bertz CT molecular complexity index is 719. The second-order valence-corrected chi connectivity index (χ2v) is 5.74. The number of esters is 1. The zero-order valence-corrected chi connectivity index (χ0v) is 13.1. The van der Waals surface area contributed by atoms with E-state index in [9.17, 15) is 9.18 Å². The van der Waals surface area contributed by atoms with Crippen LogP contribution in [0.5, 0.6) is 0 Å². The van der Waals surface area contributed by atoms with Gasteiger partial charge < -0.3 is 14.2 Å².